The van der Waals surface area contributed by atoms with Crippen LogP contribution in [-0.2, 0) is 11.4 Å². The van der Waals surface area contributed by atoms with Gasteiger partial charge in [-0.2, -0.15) is 0 Å². The molecule has 0 atom stereocenters. The van der Waals surface area contributed by atoms with Gasteiger partial charge in [-0.05, 0) is 76.2 Å². The third kappa shape index (κ3) is 5.09. The summed E-state index contributed by atoms with van der Waals surface area (Å²) in [7, 11) is 1.59. The van der Waals surface area contributed by atoms with E-state index in [2.05, 4.69) is 22.6 Å². The lowest BCUT2D eigenvalue weighted by Gasteiger charge is -2.15. The molecule has 2 aliphatic rings. The number of hydrogen-bond donors (Lipinski definition) is 0. The second-order valence-corrected chi connectivity index (χ2v) is 10.8. The minimum atomic E-state index is -0.198. The molecule has 178 valence electrons. The Labute approximate surface area is 230 Å². The zero-order chi connectivity index (χ0) is 24.5. The quantitative estimate of drug-likeness (QED) is 0.170. The molecule has 3 aromatic carbocycles. The minimum Gasteiger partial charge on any atom is -0.493 e. The average molecular weight is 638 g/mol. The Balaban J connectivity index is 1.38. The van der Waals surface area contributed by atoms with Gasteiger partial charge in [-0.3, -0.25) is 9.69 Å². The molecule has 0 spiro atoms. The van der Waals surface area contributed by atoms with Crippen molar-refractivity contribution in [3.8, 4) is 23.0 Å². The number of amides is 1. The van der Waals surface area contributed by atoms with E-state index in [0.717, 1.165) is 14.7 Å². The summed E-state index contributed by atoms with van der Waals surface area (Å²) < 4.78 is 23.7. The molecule has 0 N–H and O–H groups in total. The number of rotatable bonds is 6. The van der Waals surface area contributed by atoms with Crippen LogP contribution in [0.1, 0.15) is 11.1 Å². The maximum Gasteiger partial charge on any atom is 0.270 e. The first-order valence-electron chi connectivity index (χ1n) is 10.4. The van der Waals surface area contributed by atoms with Crippen molar-refractivity contribution in [1.82, 2.24) is 0 Å². The first-order chi connectivity index (χ1) is 16.9. The highest BCUT2D eigenvalue weighted by atomic mass is 127. The van der Waals surface area contributed by atoms with Gasteiger partial charge in [0, 0.05) is 11.1 Å². The van der Waals surface area contributed by atoms with E-state index in [1.165, 1.54) is 16.7 Å². The summed E-state index contributed by atoms with van der Waals surface area (Å²) in [5, 5.41) is 0.675. The minimum absolute atomic E-state index is 0.164. The fourth-order valence-corrected chi connectivity index (χ4v) is 5.77. The summed E-state index contributed by atoms with van der Waals surface area (Å²) in [4.78, 5) is 15.2. The predicted molar refractivity (Wildman–Crippen MR) is 150 cm³/mol. The van der Waals surface area contributed by atoms with E-state index in [4.69, 9.17) is 42.8 Å². The maximum atomic E-state index is 13.2. The number of fused-ring (bicyclic) bond motifs is 1. The zero-order valence-electron chi connectivity index (χ0n) is 18.2. The number of hydrogen-bond acceptors (Lipinski definition) is 7. The summed E-state index contributed by atoms with van der Waals surface area (Å²) in [6.45, 7) is 0.536. The van der Waals surface area contributed by atoms with Gasteiger partial charge in [0.05, 0.1) is 21.3 Å². The molecule has 0 aliphatic carbocycles. The molecule has 0 aromatic heterocycles. The zero-order valence-corrected chi connectivity index (χ0v) is 22.8. The van der Waals surface area contributed by atoms with Crippen LogP contribution in [0.5, 0.6) is 23.0 Å². The number of carbonyl (C=O) groups excluding carboxylic acids is 1. The third-order valence-electron chi connectivity index (χ3n) is 5.25. The number of carbonyl (C=O) groups is 1. The molecule has 2 aliphatic heterocycles. The molecular formula is C25H17ClINO5S2. The lowest BCUT2D eigenvalue weighted by atomic mass is 10.1. The van der Waals surface area contributed by atoms with Crippen molar-refractivity contribution in [3.63, 3.8) is 0 Å². The molecule has 1 saturated heterocycles. The van der Waals surface area contributed by atoms with E-state index in [9.17, 15) is 4.79 Å². The van der Waals surface area contributed by atoms with Crippen molar-refractivity contribution in [2.45, 2.75) is 6.61 Å². The SMILES string of the molecule is COc1cc(/C=C2/SC(=S)N(c3ccc4c(c3)OCO4)C2=O)cc(I)c1OCc1ccc(Cl)cc1. The number of thiocarbonyl (C=S) groups is 1. The smallest absolute Gasteiger partial charge is 0.270 e. The Bertz CT molecular complexity index is 1360. The third-order valence-corrected chi connectivity index (χ3v) is 7.61. The largest absolute Gasteiger partial charge is 0.493 e. The number of methoxy groups -OCH3 is 1. The number of thioether (sulfide) groups is 1. The van der Waals surface area contributed by atoms with Gasteiger partial charge < -0.3 is 18.9 Å². The first-order valence-corrected chi connectivity index (χ1v) is 13.0. The van der Waals surface area contributed by atoms with Crippen LogP contribution in [0, 0.1) is 3.57 Å². The highest BCUT2D eigenvalue weighted by Crippen LogP contribution is 2.42. The monoisotopic (exact) mass is 637 g/mol. The number of benzene rings is 3. The summed E-state index contributed by atoms with van der Waals surface area (Å²) in [5.41, 5.74) is 2.43. The fourth-order valence-electron chi connectivity index (χ4n) is 3.57. The Hall–Kier alpha value is -2.47. The number of halogens is 2. The topological polar surface area (TPSA) is 57.2 Å². The van der Waals surface area contributed by atoms with Gasteiger partial charge in [0.25, 0.3) is 5.91 Å². The van der Waals surface area contributed by atoms with E-state index in [1.54, 1.807) is 31.4 Å². The van der Waals surface area contributed by atoms with Crippen LogP contribution in [0.3, 0.4) is 0 Å². The highest BCUT2D eigenvalue weighted by Gasteiger charge is 2.34. The number of nitrogens with zero attached hydrogens (tertiary/aromatic N) is 1. The summed E-state index contributed by atoms with van der Waals surface area (Å²) >= 11 is 14.9. The molecule has 0 radical (unpaired) electrons. The summed E-state index contributed by atoms with van der Waals surface area (Å²) in [6.07, 6.45) is 1.81. The Morgan fingerprint density at radius 1 is 1.14 bits per heavy atom. The highest BCUT2D eigenvalue weighted by molar-refractivity contribution is 14.1. The van der Waals surface area contributed by atoms with E-state index in [-0.39, 0.29) is 12.7 Å². The van der Waals surface area contributed by atoms with E-state index in [0.29, 0.717) is 49.5 Å². The van der Waals surface area contributed by atoms with Gasteiger partial charge in [0.2, 0.25) is 6.79 Å². The normalized spacial score (nSPS) is 15.7. The Kier molecular flexibility index (Phi) is 7.10. The molecule has 2 heterocycles. The van der Waals surface area contributed by atoms with Crippen LogP contribution in [0.25, 0.3) is 6.08 Å². The average Bonchev–Trinajstić information content (AvgIpc) is 3.42. The molecule has 1 amide bonds. The van der Waals surface area contributed by atoms with Crippen LogP contribution in [0.15, 0.2) is 59.5 Å². The molecule has 3 aromatic rings. The molecule has 6 nitrogen and oxygen atoms in total. The van der Waals surface area contributed by atoms with Gasteiger partial charge in [-0.25, -0.2) is 0 Å². The summed E-state index contributed by atoms with van der Waals surface area (Å²) in [6, 6.07) is 16.6. The Morgan fingerprint density at radius 3 is 2.69 bits per heavy atom. The molecule has 35 heavy (non-hydrogen) atoms. The molecule has 5 rings (SSSR count). The van der Waals surface area contributed by atoms with E-state index >= 15 is 0 Å². The second kappa shape index (κ2) is 10.3. The molecule has 0 saturated carbocycles. The van der Waals surface area contributed by atoms with Crippen molar-refractivity contribution in [3.05, 3.63) is 79.2 Å². The van der Waals surface area contributed by atoms with Crippen molar-refractivity contribution < 1.29 is 23.7 Å². The molecular weight excluding hydrogens is 621 g/mol. The molecule has 0 bridgehead atoms. The maximum absolute atomic E-state index is 13.2. The first kappa shape index (κ1) is 24.2. The Morgan fingerprint density at radius 2 is 1.91 bits per heavy atom. The standard InChI is InChI=1S/C25H17ClINO5S2/c1-30-21-9-15(8-18(27)23(21)31-12-14-2-4-16(26)5-3-14)10-22-24(29)28(25(34)35-22)17-6-7-19-20(11-17)33-13-32-19/h2-11H,12-13H2,1H3/b22-10+. The van der Waals surface area contributed by atoms with Gasteiger partial charge in [0.15, 0.2) is 27.3 Å². The van der Waals surface area contributed by atoms with Gasteiger partial charge in [0.1, 0.15) is 6.61 Å². The molecule has 10 heteroatoms. The molecule has 0 unspecified atom stereocenters. The van der Waals surface area contributed by atoms with Crippen LogP contribution in [-0.4, -0.2) is 24.1 Å². The molecule has 1 fully saturated rings. The van der Waals surface area contributed by atoms with Crippen LogP contribution < -0.4 is 23.8 Å². The van der Waals surface area contributed by atoms with E-state index < -0.39 is 0 Å². The van der Waals surface area contributed by atoms with Crippen LogP contribution >= 0.6 is 58.2 Å². The van der Waals surface area contributed by atoms with Crippen molar-refractivity contribution in [1.29, 1.82) is 0 Å². The van der Waals surface area contributed by atoms with Crippen molar-refractivity contribution in [2.24, 2.45) is 0 Å². The summed E-state index contributed by atoms with van der Waals surface area (Å²) in [5.74, 6) is 2.25. The van der Waals surface area contributed by atoms with Crippen molar-refractivity contribution in [2.75, 3.05) is 18.8 Å². The van der Waals surface area contributed by atoms with Gasteiger partial charge >= 0.3 is 0 Å². The van der Waals surface area contributed by atoms with E-state index in [1.807, 2.05) is 36.4 Å². The van der Waals surface area contributed by atoms with Crippen LogP contribution in [0.2, 0.25) is 5.02 Å². The fraction of sp³-hybridized carbons (Fsp3) is 0.120. The van der Waals surface area contributed by atoms with Crippen molar-refractivity contribution >= 4 is 80.2 Å². The number of ether oxygens (including phenoxy) is 4. The predicted octanol–water partition coefficient (Wildman–Crippen LogP) is 6.67. The lowest BCUT2D eigenvalue weighted by Crippen LogP contribution is -2.27. The van der Waals surface area contributed by atoms with Crippen LogP contribution in [0.4, 0.5) is 5.69 Å². The lowest BCUT2D eigenvalue weighted by molar-refractivity contribution is -0.113. The van der Waals surface area contributed by atoms with Gasteiger partial charge in [-0.15, -0.1) is 0 Å². The number of anilines is 1. The second-order valence-electron chi connectivity index (χ2n) is 7.50. The van der Waals surface area contributed by atoms with Gasteiger partial charge in [-0.1, -0.05) is 47.7 Å².